The summed E-state index contributed by atoms with van der Waals surface area (Å²) in [6.45, 7) is 5.86. The monoisotopic (exact) mass is 301 g/mol. The smallest absolute Gasteiger partial charge is 0.295 e. The van der Waals surface area contributed by atoms with Crippen LogP contribution in [0.25, 0.3) is 11.0 Å². The summed E-state index contributed by atoms with van der Waals surface area (Å²) in [5, 5.41) is 2.32. The number of piperidine rings is 1. The first-order valence-corrected chi connectivity index (χ1v) is 7.37. The minimum Gasteiger partial charge on any atom is -0.295 e. The Balaban J connectivity index is 2.27. The fourth-order valence-corrected chi connectivity index (χ4v) is 3.05. The van der Waals surface area contributed by atoms with Crippen molar-refractivity contribution in [2.24, 2.45) is 0 Å². The average molecular weight is 301 g/mol. The molecule has 2 heterocycles. The van der Waals surface area contributed by atoms with Crippen LogP contribution in [0.3, 0.4) is 0 Å². The Kier molecular flexibility index (Phi) is 3.20. The molecule has 2 aromatic rings. The maximum absolute atomic E-state index is 12.9. The largest absolute Gasteiger partial charge is 0.330 e. The van der Waals surface area contributed by atoms with Gasteiger partial charge in [-0.3, -0.25) is 24.0 Å². The quantitative estimate of drug-likeness (QED) is 0.812. The van der Waals surface area contributed by atoms with E-state index in [2.05, 4.69) is 5.32 Å². The van der Waals surface area contributed by atoms with E-state index < -0.39 is 17.5 Å². The lowest BCUT2D eigenvalue weighted by molar-refractivity contribution is -0.135. The first-order valence-electron chi connectivity index (χ1n) is 7.37. The van der Waals surface area contributed by atoms with Crippen molar-refractivity contribution in [1.29, 1.82) is 0 Å². The minimum absolute atomic E-state index is 0.219. The van der Waals surface area contributed by atoms with Crippen LogP contribution in [0.1, 0.15) is 39.7 Å². The molecule has 0 saturated carbocycles. The second kappa shape index (κ2) is 4.83. The highest BCUT2D eigenvalue weighted by molar-refractivity contribution is 6.00. The van der Waals surface area contributed by atoms with E-state index in [1.165, 1.54) is 4.57 Å². The number of fused-ring (bicyclic) bond motifs is 1. The van der Waals surface area contributed by atoms with Crippen molar-refractivity contribution in [3.8, 4) is 0 Å². The Morgan fingerprint density at radius 3 is 2.32 bits per heavy atom. The van der Waals surface area contributed by atoms with Crippen molar-refractivity contribution in [1.82, 2.24) is 14.5 Å². The Hall–Kier alpha value is -2.37. The number of aromatic nitrogens is 2. The van der Waals surface area contributed by atoms with Gasteiger partial charge >= 0.3 is 5.69 Å². The summed E-state index contributed by atoms with van der Waals surface area (Å²) in [6.07, 6.45) is 0.598. The number of hydrogen-bond donors (Lipinski definition) is 1. The van der Waals surface area contributed by atoms with Crippen LogP contribution in [0.2, 0.25) is 0 Å². The van der Waals surface area contributed by atoms with Gasteiger partial charge in [-0.15, -0.1) is 0 Å². The molecule has 2 amide bonds. The fraction of sp³-hybridized carbons (Fsp3) is 0.438. The summed E-state index contributed by atoms with van der Waals surface area (Å²) in [5.41, 5.74) is 0.896. The molecule has 0 spiro atoms. The van der Waals surface area contributed by atoms with E-state index in [0.29, 0.717) is 6.42 Å². The molecule has 0 radical (unpaired) electrons. The molecule has 1 aromatic carbocycles. The summed E-state index contributed by atoms with van der Waals surface area (Å²) in [7, 11) is 0. The second-order valence-corrected chi connectivity index (χ2v) is 6.61. The van der Waals surface area contributed by atoms with Crippen molar-refractivity contribution >= 4 is 22.8 Å². The number of nitrogens with one attached hydrogen (secondary N) is 1. The molecule has 1 aliphatic heterocycles. The molecule has 1 aliphatic rings. The minimum atomic E-state index is -0.640. The number of carbonyl (C=O) groups excluding carboxylic acids is 2. The third kappa shape index (κ3) is 2.15. The van der Waals surface area contributed by atoms with Gasteiger partial charge < -0.3 is 0 Å². The lowest BCUT2D eigenvalue weighted by Gasteiger charge is -2.23. The Labute approximate surface area is 127 Å². The highest BCUT2D eigenvalue weighted by Crippen LogP contribution is 2.26. The molecule has 1 unspecified atom stereocenters. The van der Waals surface area contributed by atoms with Gasteiger partial charge in [-0.2, -0.15) is 0 Å². The Bertz CT molecular complexity index is 823. The summed E-state index contributed by atoms with van der Waals surface area (Å²) >= 11 is 0. The van der Waals surface area contributed by atoms with Crippen LogP contribution < -0.4 is 11.0 Å². The highest BCUT2D eigenvalue weighted by atomic mass is 16.2. The molecule has 3 rings (SSSR count). The number of imide groups is 1. The predicted octanol–water partition coefficient (Wildman–Crippen LogP) is 1.54. The number of carbonyl (C=O) groups is 2. The van der Waals surface area contributed by atoms with Crippen LogP contribution in [0.5, 0.6) is 0 Å². The normalized spacial score (nSPS) is 19.5. The second-order valence-electron chi connectivity index (χ2n) is 6.61. The molecule has 6 heteroatoms. The SMILES string of the molecule is CC(C)(C)n1c(=O)n(C2CCC(=O)NC2=O)c2ccccc21. The molecular formula is C16H19N3O3. The van der Waals surface area contributed by atoms with Gasteiger partial charge in [0.2, 0.25) is 11.8 Å². The zero-order valence-electron chi connectivity index (χ0n) is 12.9. The zero-order valence-corrected chi connectivity index (χ0v) is 12.9. The van der Waals surface area contributed by atoms with Crippen molar-refractivity contribution in [3.05, 3.63) is 34.7 Å². The van der Waals surface area contributed by atoms with Crippen molar-refractivity contribution in [3.63, 3.8) is 0 Å². The molecular weight excluding hydrogens is 282 g/mol. The molecule has 1 saturated heterocycles. The van der Waals surface area contributed by atoms with E-state index in [1.54, 1.807) is 4.57 Å². The van der Waals surface area contributed by atoms with Crippen LogP contribution in [0, 0.1) is 0 Å². The molecule has 1 N–H and O–H groups in total. The molecule has 22 heavy (non-hydrogen) atoms. The summed E-state index contributed by atoms with van der Waals surface area (Å²) < 4.78 is 3.22. The summed E-state index contributed by atoms with van der Waals surface area (Å²) in [4.78, 5) is 36.4. The number of imidazole rings is 1. The number of benzene rings is 1. The van der Waals surface area contributed by atoms with E-state index in [0.717, 1.165) is 11.0 Å². The van der Waals surface area contributed by atoms with Crippen LogP contribution >= 0.6 is 0 Å². The van der Waals surface area contributed by atoms with Gasteiger partial charge in [0.25, 0.3) is 0 Å². The van der Waals surface area contributed by atoms with E-state index >= 15 is 0 Å². The third-order valence-electron chi connectivity index (χ3n) is 3.97. The standard InChI is InChI=1S/C16H19N3O3/c1-16(2,3)19-11-7-5-4-6-10(11)18(15(19)22)12-8-9-13(20)17-14(12)21/h4-7,12H,8-9H2,1-3H3,(H,17,20,21). The van der Waals surface area contributed by atoms with Gasteiger partial charge in [0, 0.05) is 12.0 Å². The van der Waals surface area contributed by atoms with E-state index in [9.17, 15) is 14.4 Å². The van der Waals surface area contributed by atoms with Crippen molar-refractivity contribution in [2.45, 2.75) is 45.2 Å². The third-order valence-corrected chi connectivity index (χ3v) is 3.97. The van der Waals surface area contributed by atoms with Gasteiger partial charge in [-0.25, -0.2) is 4.79 Å². The van der Waals surface area contributed by atoms with Crippen LogP contribution in [0.4, 0.5) is 0 Å². The number of hydrogen-bond acceptors (Lipinski definition) is 3. The molecule has 6 nitrogen and oxygen atoms in total. The molecule has 1 atom stereocenters. The number of rotatable bonds is 1. The van der Waals surface area contributed by atoms with E-state index in [4.69, 9.17) is 0 Å². The molecule has 1 fully saturated rings. The van der Waals surface area contributed by atoms with E-state index in [-0.39, 0.29) is 18.0 Å². The van der Waals surface area contributed by atoms with Gasteiger partial charge in [0.15, 0.2) is 0 Å². The lowest BCUT2D eigenvalue weighted by atomic mass is 10.1. The number of para-hydroxylation sites is 2. The molecule has 0 bridgehead atoms. The molecule has 0 aliphatic carbocycles. The molecule has 116 valence electrons. The van der Waals surface area contributed by atoms with Crippen LogP contribution in [-0.4, -0.2) is 20.9 Å². The van der Waals surface area contributed by atoms with E-state index in [1.807, 2.05) is 45.0 Å². The van der Waals surface area contributed by atoms with Gasteiger partial charge in [-0.1, -0.05) is 12.1 Å². The van der Waals surface area contributed by atoms with Crippen molar-refractivity contribution in [2.75, 3.05) is 0 Å². The fourth-order valence-electron chi connectivity index (χ4n) is 3.05. The number of nitrogens with zero attached hydrogens (tertiary/aromatic N) is 2. The van der Waals surface area contributed by atoms with Crippen LogP contribution in [-0.2, 0) is 15.1 Å². The maximum atomic E-state index is 12.9. The van der Waals surface area contributed by atoms with Gasteiger partial charge in [0.1, 0.15) is 6.04 Å². The summed E-state index contributed by atoms with van der Waals surface area (Å²) in [5.74, 6) is -0.691. The van der Waals surface area contributed by atoms with Crippen molar-refractivity contribution < 1.29 is 9.59 Å². The first kappa shape index (κ1) is 14.6. The summed E-state index contributed by atoms with van der Waals surface area (Å²) in [6, 6.07) is 6.79. The Morgan fingerprint density at radius 1 is 1.09 bits per heavy atom. The highest BCUT2D eigenvalue weighted by Gasteiger charge is 2.33. The van der Waals surface area contributed by atoms with Crippen LogP contribution in [0.15, 0.2) is 29.1 Å². The maximum Gasteiger partial charge on any atom is 0.330 e. The van der Waals surface area contributed by atoms with Gasteiger partial charge in [-0.05, 0) is 39.3 Å². The predicted molar refractivity (Wildman–Crippen MR) is 82.6 cm³/mol. The number of amides is 2. The molecule has 1 aromatic heterocycles. The Morgan fingerprint density at radius 2 is 1.73 bits per heavy atom. The lowest BCUT2D eigenvalue weighted by Crippen LogP contribution is -2.45. The first-order chi connectivity index (χ1) is 10.3. The van der Waals surface area contributed by atoms with Gasteiger partial charge in [0.05, 0.1) is 11.0 Å². The zero-order chi connectivity index (χ0) is 16.1. The average Bonchev–Trinajstić information content (AvgIpc) is 2.71. The topological polar surface area (TPSA) is 73.1 Å².